The third kappa shape index (κ3) is 3.05. The average Bonchev–Trinajstić information content (AvgIpc) is 2.38. The number of halogens is 4. The third-order valence-electron chi connectivity index (χ3n) is 3.57. The molecule has 1 aromatic heterocycles. The first-order valence-electron chi connectivity index (χ1n) is 6.23. The maximum absolute atomic E-state index is 14.5. The Balaban J connectivity index is 2.17. The molecule has 0 saturated heterocycles. The smallest absolute Gasteiger partial charge is 0.385 e. The van der Waals surface area contributed by atoms with E-state index in [0.29, 0.717) is 12.8 Å². The normalized spacial score (nSPS) is 21.1. The second kappa shape index (κ2) is 5.07. The number of alkyl halides is 4. The molecule has 1 fully saturated rings. The third-order valence-corrected chi connectivity index (χ3v) is 3.57. The number of hydrogen-bond donors (Lipinski definition) is 1. The summed E-state index contributed by atoms with van der Waals surface area (Å²) < 4.78 is 51.5. The molecule has 0 aromatic carbocycles. The zero-order valence-corrected chi connectivity index (χ0v) is 10.3. The van der Waals surface area contributed by atoms with Gasteiger partial charge >= 0.3 is 6.18 Å². The van der Waals surface area contributed by atoms with Gasteiger partial charge in [0.2, 0.25) is 0 Å². The van der Waals surface area contributed by atoms with Gasteiger partial charge in [-0.2, -0.15) is 13.2 Å². The second-order valence-corrected chi connectivity index (χ2v) is 4.97. The molecule has 1 aromatic rings. The number of rotatable bonds is 2. The molecule has 1 atom stereocenters. The van der Waals surface area contributed by atoms with Crippen LogP contribution in [0.25, 0.3) is 0 Å². The van der Waals surface area contributed by atoms with Crippen LogP contribution in [0.15, 0.2) is 18.3 Å². The molecule has 2 rings (SSSR count). The van der Waals surface area contributed by atoms with Gasteiger partial charge in [-0.25, -0.2) is 4.39 Å². The van der Waals surface area contributed by atoms with Gasteiger partial charge < -0.3 is 5.11 Å². The van der Waals surface area contributed by atoms with Crippen molar-refractivity contribution >= 4 is 0 Å². The highest BCUT2D eigenvalue weighted by atomic mass is 19.4. The largest absolute Gasteiger partial charge is 0.433 e. The first-order valence-corrected chi connectivity index (χ1v) is 6.23. The van der Waals surface area contributed by atoms with Crippen LogP contribution in [0.3, 0.4) is 0 Å². The lowest BCUT2D eigenvalue weighted by atomic mass is 9.80. The van der Waals surface area contributed by atoms with E-state index < -0.39 is 23.6 Å². The van der Waals surface area contributed by atoms with Gasteiger partial charge in [0.25, 0.3) is 0 Å². The van der Waals surface area contributed by atoms with E-state index in [1.54, 1.807) is 0 Å². The molecule has 2 nitrogen and oxygen atoms in total. The van der Waals surface area contributed by atoms with Gasteiger partial charge in [-0.05, 0) is 18.9 Å². The molecule has 1 unspecified atom stereocenters. The van der Waals surface area contributed by atoms with E-state index in [1.165, 1.54) is 0 Å². The molecule has 106 valence electrons. The Morgan fingerprint density at radius 2 is 1.79 bits per heavy atom. The minimum atomic E-state index is -4.53. The summed E-state index contributed by atoms with van der Waals surface area (Å²) in [6, 6.07) is 1.86. The highest BCUT2D eigenvalue weighted by Gasteiger charge is 2.40. The fourth-order valence-corrected chi connectivity index (χ4v) is 2.45. The van der Waals surface area contributed by atoms with Crippen LogP contribution < -0.4 is 0 Å². The van der Waals surface area contributed by atoms with Crippen LogP contribution in [0, 0.1) is 0 Å². The van der Waals surface area contributed by atoms with E-state index >= 15 is 0 Å². The average molecular weight is 277 g/mol. The number of nitrogens with zero attached hydrogens (tertiary/aromatic N) is 1. The van der Waals surface area contributed by atoms with Gasteiger partial charge in [0.15, 0.2) is 0 Å². The van der Waals surface area contributed by atoms with Crippen LogP contribution in [-0.4, -0.2) is 15.8 Å². The molecule has 1 heterocycles. The van der Waals surface area contributed by atoms with Crippen molar-refractivity contribution in [1.82, 2.24) is 4.98 Å². The number of hydrogen-bond acceptors (Lipinski definition) is 2. The fraction of sp³-hybridized carbons (Fsp3) is 0.615. The van der Waals surface area contributed by atoms with E-state index in [2.05, 4.69) is 4.98 Å². The van der Waals surface area contributed by atoms with Crippen molar-refractivity contribution in [2.24, 2.45) is 0 Å². The zero-order chi connectivity index (χ0) is 14.1. The van der Waals surface area contributed by atoms with Gasteiger partial charge in [-0.1, -0.05) is 25.3 Å². The van der Waals surface area contributed by atoms with Crippen molar-refractivity contribution < 1.29 is 22.7 Å². The standard InChI is InChI=1S/C13H15F4NO/c14-12(6-2-1-3-7-12)11(19)9-4-5-10(18-8-9)13(15,16)17/h4-5,8,11,19H,1-3,6-7H2. The van der Waals surface area contributed by atoms with Crippen molar-refractivity contribution in [1.29, 1.82) is 0 Å². The molecule has 1 N–H and O–H groups in total. The second-order valence-electron chi connectivity index (χ2n) is 4.97. The van der Waals surface area contributed by atoms with Gasteiger partial charge in [0.1, 0.15) is 17.5 Å². The molecule has 1 saturated carbocycles. The van der Waals surface area contributed by atoms with Crippen molar-refractivity contribution in [2.75, 3.05) is 0 Å². The van der Waals surface area contributed by atoms with Crippen LogP contribution in [0.2, 0.25) is 0 Å². The number of aliphatic hydroxyl groups excluding tert-OH is 1. The summed E-state index contributed by atoms with van der Waals surface area (Å²) >= 11 is 0. The molecular weight excluding hydrogens is 262 g/mol. The van der Waals surface area contributed by atoms with Crippen molar-refractivity contribution in [2.45, 2.75) is 50.1 Å². The highest BCUT2D eigenvalue weighted by molar-refractivity contribution is 5.21. The molecule has 19 heavy (non-hydrogen) atoms. The van der Waals surface area contributed by atoms with Crippen LogP contribution in [0.4, 0.5) is 17.6 Å². The molecule has 0 bridgehead atoms. The molecule has 0 amide bonds. The minimum Gasteiger partial charge on any atom is -0.385 e. The summed E-state index contributed by atoms with van der Waals surface area (Å²) in [6.45, 7) is 0. The predicted molar refractivity (Wildman–Crippen MR) is 61.1 cm³/mol. The molecule has 0 radical (unpaired) electrons. The van der Waals surface area contributed by atoms with Crippen molar-refractivity contribution in [3.63, 3.8) is 0 Å². The monoisotopic (exact) mass is 277 g/mol. The van der Waals surface area contributed by atoms with Gasteiger partial charge in [-0.3, -0.25) is 4.98 Å². The Morgan fingerprint density at radius 1 is 1.16 bits per heavy atom. The number of aliphatic hydroxyl groups is 1. The first kappa shape index (κ1) is 14.2. The van der Waals surface area contributed by atoms with Gasteiger partial charge in [0, 0.05) is 11.8 Å². The fourth-order valence-electron chi connectivity index (χ4n) is 2.45. The summed E-state index contributed by atoms with van der Waals surface area (Å²) in [5, 5.41) is 10.0. The molecular formula is C13H15F4NO. The summed E-state index contributed by atoms with van der Waals surface area (Å²) in [6.07, 6.45) is -2.29. The summed E-state index contributed by atoms with van der Waals surface area (Å²) in [5.41, 5.74) is -2.70. The quantitative estimate of drug-likeness (QED) is 0.834. The predicted octanol–water partition coefficient (Wildman–Crippen LogP) is 3.81. The number of pyridine rings is 1. The maximum Gasteiger partial charge on any atom is 0.433 e. The van der Waals surface area contributed by atoms with Gasteiger partial charge in [0.05, 0.1) is 0 Å². The highest BCUT2D eigenvalue weighted by Crippen LogP contribution is 2.41. The Bertz CT molecular complexity index is 423. The molecule has 1 aliphatic rings. The van der Waals surface area contributed by atoms with E-state index in [1.807, 2.05) is 0 Å². The first-order chi connectivity index (χ1) is 8.83. The SMILES string of the molecule is OC(c1ccc(C(F)(F)F)nc1)C1(F)CCCCC1. The summed E-state index contributed by atoms with van der Waals surface area (Å²) in [7, 11) is 0. The van der Waals surface area contributed by atoms with E-state index in [-0.39, 0.29) is 18.4 Å². The molecule has 0 aliphatic heterocycles. The topological polar surface area (TPSA) is 33.1 Å². The van der Waals surface area contributed by atoms with E-state index in [0.717, 1.165) is 24.8 Å². The molecule has 1 aliphatic carbocycles. The lowest BCUT2D eigenvalue weighted by Crippen LogP contribution is -2.34. The van der Waals surface area contributed by atoms with Crippen molar-refractivity contribution in [3.8, 4) is 0 Å². The maximum atomic E-state index is 14.5. The van der Waals surface area contributed by atoms with Gasteiger partial charge in [-0.15, -0.1) is 0 Å². The lowest BCUT2D eigenvalue weighted by Gasteiger charge is -2.33. The summed E-state index contributed by atoms with van der Waals surface area (Å²) in [4.78, 5) is 3.25. The lowest BCUT2D eigenvalue weighted by molar-refractivity contribution is -0.141. The van der Waals surface area contributed by atoms with Crippen molar-refractivity contribution in [3.05, 3.63) is 29.6 Å². The van der Waals surface area contributed by atoms with E-state index in [9.17, 15) is 22.7 Å². The summed E-state index contributed by atoms with van der Waals surface area (Å²) in [5.74, 6) is 0. The Hall–Kier alpha value is -1.17. The Labute approximate surface area is 108 Å². The zero-order valence-electron chi connectivity index (χ0n) is 10.3. The van der Waals surface area contributed by atoms with Crippen LogP contribution in [0.5, 0.6) is 0 Å². The van der Waals surface area contributed by atoms with E-state index in [4.69, 9.17) is 0 Å². The molecule has 6 heteroatoms. The Morgan fingerprint density at radius 3 is 2.26 bits per heavy atom. The van der Waals surface area contributed by atoms with Crippen LogP contribution in [0.1, 0.15) is 49.5 Å². The van der Waals surface area contributed by atoms with Crippen LogP contribution in [-0.2, 0) is 6.18 Å². The number of aromatic nitrogens is 1. The minimum absolute atomic E-state index is 0.0948. The Kier molecular flexibility index (Phi) is 3.80. The molecule has 0 spiro atoms. The van der Waals surface area contributed by atoms with Crippen LogP contribution >= 0.6 is 0 Å².